The monoisotopic (exact) mass is 481 g/mol. The second-order valence-corrected chi connectivity index (χ2v) is 7.18. The molecular weight excluding hydrogens is 463 g/mol. The van der Waals surface area contributed by atoms with Gasteiger partial charge in [0.25, 0.3) is 5.91 Å². The van der Waals surface area contributed by atoms with E-state index >= 15 is 0 Å². The number of anilines is 4. The number of pyridine rings is 2. The van der Waals surface area contributed by atoms with Gasteiger partial charge in [-0.05, 0) is 42.5 Å². The molecule has 0 fully saturated rings. The van der Waals surface area contributed by atoms with Crippen molar-refractivity contribution in [1.82, 2.24) is 9.97 Å². The van der Waals surface area contributed by atoms with Crippen molar-refractivity contribution >= 4 is 28.9 Å². The molecule has 2 aromatic carbocycles. The molecule has 178 valence electrons. The molecule has 0 bridgehead atoms. The standard InChI is InChI=1S/C24H18F3N5O3/c25-13-3-5-19(17(26)10-13)32-24(34)15-2-1-8-30-23(15)31-14-4-6-21(18(27)11-14)35-20-7-9-29-22(28)16(20)12-33/h1-11,33H,12H2,(H2,28,29)(H,30,31)(H,32,34). The lowest BCUT2D eigenvalue weighted by Crippen LogP contribution is -2.15. The highest BCUT2D eigenvalue weighted by molar-refractivity contribution is 6.07. The average Bonchev–Trinajstić information content (AvgIpc) is 2.83. The summed E-state index contributed by atoms with van der Waals surface area (Å²) < 4.78 is 47.3. The molecule has 4 aromatic rings. The Morgan fingerprint density at radius 3 is 2.54 bits per heavy atom. The lowest BCUT2D eigenvalue weighted by Gasteiger charge is -2.14. The molecule has 0 spiro atoms. The number of carbonyl (C=O) groups is 1. The molecule has 1 amide bonds. The van der Waals surface area contributed by atoms with Crippen molar-refractivity contribution in [3.05, 3.63) is 95.6 Å². The number of halogens is 3. The number of hydrogen-bond donors (Lipinski definition) is 4. The smallest absolute Gasteiger partial charge is 0.259 e. The van der Waals surface area contributed by atoms with Crippen LogP contribution in [0, 0.1) is 17.5 Å². The first-order valence-electron chi connectivity index (χ1n) is 10.2. The molecule has 4 rings (SSSR count). The number of hydrogen-bond acceptors (Lipinski definition) is 7. The van der Waals surface area contributed by atoms with E-state index in [2.05, 4.69) is 20.6 Å². The fourth-order valence-corrected chi connectivity index (χ4v) is 3.13. The molecular formula is C24H18F3N5O3. The Balaban J connectivity index is 1.54. The zero-order valence-electron chi connectivity index (χ0n) is 17.9. The Hall–Kier alpha value is -4.64. The van der Waals surface area contributed by atoms with Crippen molar-refractivity contribution < 1.29 is 27.8 Å². The van der Waals surface area contributed by atoms with E-state index in [1.165, 1.54) is 42.7 Å². The lowest BCUT2D eigenvalue weighted by molar-refractivity contribution is 0.102. The summed E-state index contributed by atoms with van der Waals surface area (Å²) in [5.74, 6) is -3.02. The Labute approximate surface area is 197 Å². The van der Waals surface area contributed by atoms with Crippen molar-refractivity contribution in [2.75, 3.05) is 16.4 Å². The molecule has 0 saturated carbocycles. The topological polar surface area (TPSA) is 122 Å². The second-order valence-electron chi connectivity index (χ2n) is 7.18. The fourth-order valence-electron chi connectivity index (χ4n) is 3.13. The summed E-state index contributed by atoms with van der Waals surface area (Å²) in [4.78, 5) is 20.6. The maximum atomic E-state index is 14.8. The highest BCUT2D eigenvalue weighted by Gasteiger charge is 2.16. The molecule has 2 aromatic heterocycles. The SMILES string of the molecule is Nc1nccc(Oc2ccc(Nc3ncccc3C(=O)Nc3ccc(F)cc3F)cc2F)c1CO. The number of benzene rings is 2. The van der Waals surface area contributed by atoms with Crippen LogP contribution in [0.2, 0.25) is 0 Å². The molecule has 0 aliphatic carbocycles. The van der Waals surface area contributed by atoms with Gasteiger partial charge in [0.1, 0.15) is 29.0 Å². The van der Waals surface area contributed by atoms with E-state index < -0.39 is 30.0 Å². The quantitative estimate of drug-likeness (QED) is 0.300. The number of aliphatic hydroxyl groups excluding tert-OH is 1. The van der Waals surface area contributed by atoms with Gasteiger partial charge in [-0.2, -0.15) is 0 Å². The van der Waals surface area contributed by atoms with Crippen LogP contribution in [-0.2, 0) is 6.61 Å². The zero-order chi connectivity index (χ0) is 24.9. The van der Waals surface area contributed by atoms with Crippen LogP contribution >= 0.6 is 0 Å². The first kappa shape index (κ1) is 23.5. The summed E-state index contributed by atoms with van der Waals surface area (Å²) in [7, 11) is 0. The number of nitrogens with one attached hydrogen (secondary N) is 2. The number of rotatable bonds is 7. The molecule has 35 heavy (non-hydrogen) atoms. The normalized spacial score (nSPS) is 10.6. The van der Waals surface area contributed by atoms with Gasteiger partial charge in [0.15, 0.2) is 11.6 Å². The lowest BCUT2D eigenvalue weighted by atomic mass is 10.2. The van der Waals surface area contributed by atoms with E-state index in [0.717, 1.165) is 18.2 Å². The molecule has 8 nitrogen and oxygen atoms in total. The van der Waals surface area contributed by atoms with Crippen LogP contribution in [0.4, 0.5) is 36.2 Å². The minimum Gasteiger partial charge on any atom is -0.454 e. The zero-order valence-corrected chi connectivity index (χ0v) is 17.9. The summed E-state index contributed by atoms with van der Waals surface area (Å²) >= 11 is 0. The minimum atomic E-state index is -0.935. The van der Waals surface area contributed by atoms with Gasteiger partial charge in [-0.25, -0.2) is 23.1 Å². The number of nitrogen functional groups attached to an aromatic ring is 1. The fraction of sp³-hybridized carbons (Fsp3) is 0.0417. The average molecular weight is 481 g/mol. The Kier molecular flexibility index (Phi) is 6.78. The number of aromatic nitrogens is 2. The molecule has 2 heterocycles. The third kappa shape index (κ3) is 5.31. The highest BCUT2D eigenvalue weighted by atomic mass is 19.1. The van der Waals surface area contributed by atoms with Crippen molar-refractivity contribution in [2.45, 2.75) is 6.61 Å². The van der Waals surface area contributed by atoms with Crippen molar-refractivity contribution in [1.29, 1.82) is 0 Å². The maximum absolute atomic E-state index is 14.8. The van der Waals surface area contributed by atoms with Gasteiger partial charge in [0.05, 0.1) is 23.4 Å². The van der Waals surface area contributed by atoms with Crippen molar-refractivity contribution in [3.8, 4) is 11.5 Å². The third-order valence-corrected chi connectivity index (χ3v) is 4.85. The first-order valence-corrected chi connectivity index (χ1v) is 10.2. The van der Waals surface area contributed by atoms with E-state index in [4.69, 9.17) is 10.5 Å². The van der Waals surface area contributed by atoms with E-state index in [1.54, 1.807) is 0 Å². The molecule has 0 saturated heterocycles. The highest BCUT2D eigenvalue weighted by Crippen LogP contribution is 2.31. The van der Waals surface area contributed by atoms with Crippen LogP contribution in [0.3, 0.4) is 0 Å². The van der Waals surface area contributed by atoms with Crippen LogP contribution in [0.5, 0.6) is 11.5 Å². The molecule has 5 N–H and O–H groups in total. The number of aliphatic hydroxyl groups is 1. The molecule has 0 atom stereocenters. The van der Waals surface area contributed by atoms with E-state index in [9.17, 15) is 23.1 Å². The summed E-state index contributed by atoms with van der Waals surface area (Å²) in [6, 6.07) is 11.1. The predicted octanol–water partition coefficient (Wildman–Crippen LogP) is 4.76. The Bertz CT molecular complexity index is 1400. The summed E-state index contributed by atoms with van der Waals surface area (Å²) in [5, 5.41) is 14.7. The van der Waals surface area contributed by atoms with Crippen LogP contribution in [0.25, 0.3) is 0 Å². The van der Waals surface area contributed by atoms with Crippen molar-refractivity contribution in [2.24, 2.45) is 0 Å². The first-order chi connectivity index (χ1) is 16.9. The summed E-state index contributed by atoms with van der Waals surface area (Å²) in [6.07, 6.45) is 2.78. The van der Waals surface area contributed by atoms with Gasteiger partial charge >= 0.3 is 0 Å². The van der Waals surface area contributed by atoms with Gasteiger partial charge in [-0.1, -0.05) is 0 Å². The Morgan fingerprint density at radius 2 is 1.80 bits per heavy atom. The molecule has 0 aliphatic rings. The van der Waals surface area contributed by atoms with Gasteiger partial charge in [-0.15, -0.1) is 0 Å². The largest absolute Gasteiger partial charge is 0.454 e. The van der Waals surface area contributed by atoms with Crippen molar-refractivity contribution in [3.63, 3.8) is 0 Å². The van der Waals surface area contributed by atoms with E-state index in [-0.39, 0.29) is 45.6 Å². The molecule has 0 aliphatic heterocycles. The number of ether oxygens (including phenoxy) is 1. The molecule has 0 unspecified atom stereocenters. The second kappa shape index (κ2) is 10.1. The van der Waals surface area contributed by atoms with Crippen LogP contribution in [0.15, 0.2) is 67.0 Å². The summed E-state index contributed by atoms with van der Waals surface area (Å²) in [5.41, 5.74) is 5.99. The van der Waals surface area contributed by atoms with Gasteiger partial charge in [0, 0.05) is 30.2 Å². The minimum absolute atomic E-state index is 0.0387. The predicted molar refractivity (Wildman–Crippen MR) is 123 cm³/mol. The van der Waals surface area contributed by atoms with Gasteiger partial charge < -0.3 is 26.2 Å². The van der Waals surface area contributed by atoms with Gasteiger partial charge in [0.2, 0.25) is 0 Å². The number of nitrogens with zero attached hydrogens (tertiary/aromatic N) is 2. The maximum Gasteiger partial charge on any atom is 0.259 e. The van der Waals surface area contributed by atoms with Crippen LogP contribution in [-0.4, -0.2) is 21.0 Å². The summed E-state index contributed by atoms with van der Waals surface area (Å²) in [6.45, 7) is -0.442. The Morgan fingerprint density at radius 1 is 0.971 bits per heavy atom. The third-order valence-electron chi connectivity index (χ3n) is 4.85. The van der Waals surface area contributed by atoms with E-state index in [0.29, 0.717) is 6.07 Å². The van der Waals surface area contributed by atoms with E-state index in [1.807, 2.05) is 0 Å². The van der Waals surface area contributed by atoms with Gasteiger partial charge in [-0.3, -0.25) is 4.79 Å². The van der Waals surface area contributed by atoms with Crippen LogP contribution < -0.4 is 21.1 Å². The number of carbonyl (C=O) groups excluding carboxylic acids is 1. The number of amides is 1. The molecule has 11 heteroatoms. The molecule has 0 radical (unpaired) electrons. The van der Waals surface area contributed by atoms with Crippen LogP contribution in [0.1, 0.15) is 15.9 Å². The number of nitrogens with two attached hydrogens (primary N) is 1.